The first-order valence-electron chi connectivity index (χ1n) is 11.5. The predicted molar refractivity (Wildman–Crippen MR) is 136 cm³/mol. The minimum absolute atomic E-state index is 0.211. The van der Waals surface area contributed by atoms with Gasteiger partial charge >= 0.3 is 0 Å². The molecule has 3 aromatic rings. The fourth-order valence-electron chi connectivity index (χ4n) is 4.65. The van der Waals surface area contributed by atoms with Gasteiger partial charge in [-0.1, -0.05) is 60.1 Å². The molecule has 0 aliphatic carbocycles. The van der Waals surface area contributed by atoms with Gasteiger partial charge in [0, 0.05) is 24.7 Å². The molecular formula is C27H30ClFN2O2S. The van der Waals surface area contributed by atoms with Crippen LogP contribution in [-0.4, -0.2) is 37.0 Å². The maximum atomic E-state index is 13.2. The Morgan fingerprint density at radius 2 is 1.65 bits per heavy atom. The summed E-state index contributed by atoms with van der Waals surface area (Å²) in [6.45, 7) is 3.33. The average molecular weight is 501 g/mol. The Morgan fingerprint density at radius 1 is 0.941 bits per heavy atom. The topological polar surface area (TPSA) is 40.6 Å². The number of hydrogen-bond acceptors (Lipinski definition) is 3. The molecule has 0 unspecified atom stereocenters. The van der Waals surface area contributed by atoms with Crippen LogP contribution in [0, 0.1) is 5.82 Å². The Balaban J connectivity index is 1.45. The molecule has 4 rings (SSSR count). The van der Waals surface area contributed by atoms with E-state index in [1.165, 1.54) is 28.3 Å². The van der Waals surface area contributed by atoms with Crippen molar-refractivity contribution >= 4 is 21.6 Å². The zero-order valence-electron chi connectivity index (χ0n) is 19.3. The van der Waals surface area contributed by atoms with Crippen LogP contribution in [0.1, 0.15) is 41.0 Å². The van der Waals surface area contributed by atoms with Gasteiger partial charge in [0.25, 0.3) is 0 Å². The van der Waals surface area contributed by atoms with Crippen LogP contribution in [0.15, 0.2) is 72.8 Å². The lowest BCUT2D eigenvalue weighted by Crippen LogP contribution is -2.33. The Hall–Kier alpha value is -2.25. The second-order valence-electron chi connectivity index (χ2n) is 9.04. The molecule has 0 saturated carbocycles. The standard InChI is InChI=1S/C27H30ClFN2O2S/c1-34(32,33)31(19-22-5-4-7-25(28)17-22)20-24-6-2-3-8-27(24)23-13-15-30(16-14-23)18-21-9-11-26(29)12-10-21/h2-12,17,23H,13-16,18-20H2,1H3. The molecule has 0 amide bonds. The second kappa shape index (κ2) is 11.0. The monoisotopic (exact) mass is 500 g/mol. The van der Waals surface area contributed by atoms with Crippen LogP contribution < -0.4 is 0 Å². The molecule has 0 spiro atoms. The summed E-state index contributed by atoms with van der Waals surface area (Å²) >= 11 is 6.11. The van der Waals surface area contributed by atoms with Gasteiger partial charge in [0.1, 0.15) is 5.82 Å². The van der Waals surface area contributed by atoms with Crippen molar-refractivity contribution in [1.82, 2.24) is 9.21 Å². The molecule has 0 bridgehead atoms. The zero-order valence-corrected chi connectivity index (χ0v) is 20.9. The van der Waals surface area contributed by atoms with Crippen LogP contribution >= 0.6 is 11.6 Å². The fraction of sp³-hybridized carbons (Fsp3) is 0.333. The summed E-state index contributed by atoms with van der Waals surface area (Å²) in [5.74, 6) is 0.172. The molecule has 3 aromatic carbocycles. The van der Waals surface area contributed by atoms with Gasteiger partial charge in [-0.2, -0.15) is 4.31 Å². The summed E-state index contributed by atoms with van der Waals surface area (Å²) in [7, 11) is -3.41. The summed E-state index contributed by atoms with van der Waals surface area (Å²) in [5, 5.41) is 0.596. The van der Waals surface area contributed by atoms with Gasteiger partial charge in [0.2, 0.25) is 10.0 Å². The molecule has 1 fully saturated rings. The molecule has 1 heterocycles. The average Bonchev–Trinajstić information content (AvgIpc) is 2.81. The summed E-state index contributed by atoms with van der Waals surface area (Å²) in [5.41, 5.74) is 4.25. The summed E-state index contributed by atoms with van der Waals surface area (Å²) < 4.78 is 39.9. The van der Waals surface area contributed by atoms with Crippen molar-refractivity contribution in [2.45, 2.75) is 38.4 Å². The molecule has 180 valence electrons. The fourth-order valence-corrected chi connectivity index (χ4v) is 5.62. The van der Waals surface area contributed by atoms with Gasteiger partial charge in [-0.05, 0) is 78.4 Å². The molecule has 4 nitrogen and oxygen atoms in total. The molecule has 1 aliphatic rings. The number of halogens is 2. The van der Waals surface area contributed by atoms with E-state index in [9.17, 15) is 12.8 Å². The highest BCUT2D eigenvalue weighted by molar-refractivity contribution is 7.88. The van der Waals surface area contributed by atoms with Gasteiger partial charge in [-0.3, -0.25) is 4.90 Å². The molecule has 0 N–H and O–H groups in total. The molecular weight excluding hydrogens is 471 g/mol. The van der Waals surface area contributed by atoms with Crippen molar-refractivity contribution in [2.75, 3.05) is 19.3 Å². The van der Waals surface area contributed by atoms with E-state index in [1.54, 1.807) is 6.07 Å². The highest BCUT2D eigenvalue weighted by Gasteiger charge is 2.25. The van der Waals surface area contributed by atoms with E-state index in [0.717, 1.165) is 49.2 Å². The number of rotatable bonds is 8. The lowest BCUT2D eigenvalue weighted by molar-refractivity contribution is 0.204. The van der Waals surface area contributed by atoms with Crippen LogP contribution in [0.4, 0.5) is 4.39 Å². The van der Waals surface area contributed by atoms with Crippen molar-refractivity contribution in [3.8, 4) is 0 Å². The smallest absolute Gasteiger partial charge is 0.211 e. The minimum Gasteiger partial charge on any atom is -0.299 e. The Kier molecular flexibility index (Phi) is 8.04. The zero-order chi connectivity index (χ0) is 24.1. The minimum atomic E-state index is -3.41. The van der Waals surface area contributed by atoms with Crippen LogP contribution in [0.5, 0.6) is 0 Å². The normalized spacial score (nSPS) is 15.6. The Morgan fingerprint density at radius 3 is 2.32 bits per heavy atom. The number of benzene rings is 3. The summed E-state index contributed by atoms with van der Waals surface area (Å²) in [6.07, 6.45) is 3.27. The third-order valence-corrected chi connectivity index (χ3v) is 7.90. The molecule has 1 aliphatic heterocycles. The van der Waals surface area contributed by atoms with Crippen molar-refractivity contribution in [2.24, 2.45) is 0 Å². The van der Waals surface area contributed by atoms with Crippen molar-refractivity contribution < 1.29 is 12.8 Å². The molecule has 34 heavy (non-hydrogen) atoms. The number of piperidine rings is 1. The number of hydrogen-bond donors (Lipinski definition) is 0. The van der Waals surface area contributed by atoms with E-state index in [-0.39, 0.29) is 12.4 Å². The third kappa shape index (κ3) is 6.66. The summed E-state index contributed by atoms with van der Waals surface area (Å²) in [4.78, 5) is 2.40. The van der Waals surface area contributed by atoms with Crippen molar-refractivity contribution in [1.29, 1.82) is 0 Å². The first-order chi connectivity index (χ1) is 16.3. The van der Waals surface area contributed by atoms with Crippen molar-refractivity contribution in [3.05, 3.63) is 106 Å². The molecule has 0 aromatic heterocycles. The maximum Gasteiger partial charge on any atom is 0.211 e. The summed E-state index contributed by atoms with van der Waals surface area (Å²) in [6, 6.07) is 22.2. The molecule has 0 radical (unpaired) electrons. The lowest BCUT2D eigenvalue weighted by Gasteiger charge is -2.33. The van der Waals surface area contributed by atoms with E-state index in [0.29, 0.717) is 17.5 Å². The van der Waals surface area contributed by atoms with E-state index < -0.39 is 10.0 Å². The van der Waals surface area contributed by atoms with Crippen LogP contribution in [0.25, 0.3) is 0 Å². The molecule has 7 heteroatoms. The highest BCUT2D eigenvalue weighted by atomic mass is 35.5. The van der Waals surface area contributed by atoms with Gasteiger partial charge < -0.3 is 0 Å². The van der Waals surface area contributed by atoms with Gasteiger partial charge in [0.15, 0.2) is 0 Å². The van der Waals surface area contributed by atoms with Gasteiger partial charge in [-0.15, -0.1) is 0 Å². The van der Waals surface area contributed by atoms with Crippen molar-refractivity contribution in [3.63, 3.8) is 0 Å². The SMILES string of the molecule is CS(=O)(=O)N(Cc1cccc(Cl)c1)Cc1ccccc1C1CCN(Cc2ccc(F)cc2)CC1. The molecule has 1 saturated heterocycles. The van der Waals surface area contributed by atoms with Crippen LogP contribution in [0.2, 0.25) is 5.02 Å². The Bertz CT molecular complexity index is 1210. The quantitative estimate of drug-likeness (QED) is 0.391. The van der Waals surface area contributed by atoms with E-state index in [2.05, 4.69) is 11.0 Å². The maximum absolute atomic E-state index is 13.2. The highest BCUT2D eigenvalue weighted by Crippen LogP contribution is 2.32. The largest absolute Gasteiger partial charge is 0.299 e. The van der Waals surface area contributed by atoms with Gasteiger partial charge in [-0.25, -0.2) is 12.8 Å². The molecule has 0 atom stereocenters. The first-order valence-corrected chi connectivity index (χ1v) is 13.7. The van der Waals surface area contributed by atoms with Gasteiger partial charge in [0.05, 0.1) is 6.26 Å². The van der Waals surface area contributed by atoms with E-state index >= 15 is 0 Å². The number of likely N-dealkylation sites (tertiary alicyclic amines) is 1. The third-order valence-electron chi connectivity index (χ3n) is 6.47. The number of nitrogens with zero attached hydrogens (tertiary/aromatic N) is 2. The van der Waals surface area contributed by atoms with E-state index in [4.69, 9.17) is 11.6 Å². The second-order valence-corrected chi connectivity index (χ2v) is 11.5. The predicted octanol–water partition coefficient (Wildman–Crippen LogP) is 5.82. The Labute approximate surface area is 207 Å². The van der Waals surface area contributed by atoms with Crippen LogP contribution in [0.3, 0.4) is 0 Å². The first kappa shape index (κ1) is 24.9. The number of sulfonamides is 1. The van der Waals surface area contributed by atoms with Crippen LogP contribution in [-0.2, 0) is 29.7 Å². The van der Waals surface area contributed by atoms with E-state index in [1.807, 2.05) is 48.5 Å². The lowest BCUT2D eigenvalue weighted by atomic mass is 9.86.